The standard InChI is InChI=1S/C20H15F6N3O.C15H17F4NO2.C15H17F2NO3.C13H10F2N4O.C10H10F3N/c21-13-1-2-16(17(24)8-13)20(25,26)12-9-28(10-12)19(30)29-18(3-4-27-29)11-5-14(22)7-15(23)6-11;1-14(2,3)22-13(21)20-7-9(8-20)15(18,19)11-5-4-10(16)6-12(11)17;1-15(2,3)21-14(20)18-7-9(8-18)13(19)11-5-4-10(16)6-12(11)17;14-10-5-9(6-11(15)7-10)12-1-2-17-19(12)13(20)18-4-3-16-8-18;11-7-1-2-8(9(12)3-7)10(13)6-4-14-5-6/h1-2,4-8,12,18H,3,9-10H2;4-6,9H,7-8H2,1-3H3;4-6,9H,7-8H2,1-3H3;2-8,12H,1H2;1-3,6,10,14H,4-5H2. The molecule has 4 saturated heterocycles. The van der Waals surface area contributed by atoms with E-state index in [1.807, 2.05) is 0 Å². The first-order chi connectivity index (χ1) is 50.2. The van der Waals surface area contributed by atoms with Crippen LogP contribution in [0.5, 0.6) is 0 Å². The highest BCUT2D eigenvalue weighted by Crippen LogP contribution is 2.45. The molecule has 7 aromatic rings. The number of likely N-dealkylation sites (tertiary alicyclic amines) is 3. The minimum atomic E-state index is -3.60. The van der Waals surface area contributed by atoms with Crippen molar-refractivity contribution in [2.45, 2.75) is 95.7 Å². The summed E-state index contributed by atoms with van der Waals surface area (Å²) in [4.78, 5) is 67.8. The van der Waals surface area contributed by atoms with Gasteiger partial charge in [-0.1, -0.05) is 6.07 Å². The van der Waals surface area contributed by atoms with Gasteiger partial charge in [0.25, 0.3) is 11.8 Å². The Kier molecular flexibility index (Phi) is 25.0. The number of imidazole rings is 1. The van der Waals surface area contributed by atoms with E-state index >= 15 is 0 Å². The summed E-state index contributed by atoms with van der Waals surface area (Å²) in [6.45, 7) is 10.5. The molecule has 5 amide bonds. The van der Waals surface area contributed by atoms with E-state index in [0.29, 0.717) is 61.5 Å². The Labute approximate surface area is 601 Å². The number of aromatic nitrogens is 2. The van der Waals surface area contributed by atoms with Gasteiger partial charge in [-0.05, 0) is 119 Å². The van der Waals surface area contributed by atoms with Crippen LogP contribution in [-0.4, -0.2) is 140 Å². The third-order valence-electron chi connectivity index (χ3n) is 17.2. The second-order valence-corrected chi connectivity index (χ2v) is 27.5. The molecule has 17 nitrogen and oxygen atoms in total. The smallest absolute Gasteiger partial charge is 0.410 e. The predicted molar refractivity (Wildman–Crippen MR) is 352 cm³/mol. The van der Waals surface area contributed by atoms with Crippen LogP contribution in [0.3, 0.4) is 0 Å². The van der Waals surface area contributed by atoms with E-state index in [2.05, 4.69) is 20.5 Å². The van der Waals surface area contributed by atoms with Gasteiger partial charge >= 0.3 is 24.2 Å². The Morgan fingerprint density at radius 3 is 1.27 bits per heavy atom. The number of carbonyl (C=O) groups is 5. The average molecular weight is 1520 g/mol. The Bertz CT molecular complexity index is 4400. The van der Waals surface area contributed by atoms with Gasteiger partial charge in [0.1, 0.15) is 93.5 Å². The summed E-state index contributed by atoms with van der Waals surface area (Å²) in [5.74, 6) is -21.3. The maximum Gasteiger partial charge on any atom is 0.410 e. The number of rotatable bonds is 10. The molecule has 3 atom stereocenters. The maximum atomic E-state index is 14.6. The van der Waals surface area contributed by atoms with E-state index in [-0.39, 0.29) is 68.3 Å². The number of Topliss-reactive ketones (excluding diaryl/α,β-unsaturated/α-hetero) is 1. The Hall–Kier alpha value is -10.4. The summed E-state index contributed by atoms with van der Waals surface area (Å²) in [6, 6.07) is 13.2. The zero-order chi connectivity index (χ0) is 78.4. The summed E-state index contributed by atoms with van der Waals surface area (Å²) in [7, 11) is 0. The first-order valence-corrected chi connectivity index (χ1v) is 33.0. The number of hydrogen-bond donors (Lipinski definition) is 1. The van der Waals surface area contributed by atoms with Gasteiger partial charge in [-0.2, -0.15) is 10.2 Å². The van der Waals surface area contributed by atoms with Gasteiger partial charge in [0.15, 0.2) is 5.78 Å². The number of hydrogen-bond acceptors (Lipinski definition) is 11. The van der Waals surface area contributed by atoms with E-state index in [1.165, 1.54) is 57.6 Å². The van der Waals surface area contributed by atoms with E-state index in [0.717, 1.165) is 69.4 Å². The van der Waals surface area contributed by atoms with Crippen molar-refractivity contribution in [2.24, 2.45) is 33.9 Å². The summed E-state index contributed by atoms with van der Waals surface area (Å²) in [6.07, 6.45) is 5.34. The Balaban J connectivity index is 0.000000157. The Morgan fingerprint density at radius 1 is 0.477 bits per heavy atom. The summed E-state index contributed by atoms with van der Waals surface area (Å²) < 4.78 is 241. The average Bonchev–Trinajstić information content (AvgIpc) is 1.57. The number of benzene rings is 6. The highest BCUT2D eigenvalue weighted by atomic mass is 19.3. The van der Waals surface area contributed by atoms with Gasteiger partial charge < -0.3 is 29.5 Å². The lowest BCUT2D eigenvalue weighted by atomic mass is 9.88. The fourth-order valence-corrected chi connectivity index (χ4v) is 11.5. The zero-order valence-electron chi connectivity index (χ0n) is 57.7. The van der Waals surface area contributed by atoms with Crippen molar-refractivity contribution in [3.63, 3.8) is 0 Å². The third-order valence-corrected chi connectivity index (χ3v) is 17.2. The molecule has 107 heavy (non-hydrogen) atoms. The number of ether oxygens (including phenoxy) is 2. The largest absolute Gasteiger partial charge is 0.444 e. The maximum absolute atomic E-state index is 14.6. The topological polar surface area (TPSA) is 175 Å². The molecule has 1 N–H and O–H groups in total. The fourth-order valence-electron chi connectivity index (χ4n) is 11.5. The quantitative estimate of drug-likeness (QED) is 0.103. The molecule has 7 heterocycles. The molecule has 6 aliphatic heterocycles. The first kappa shape index (κ1) is 80.7. The van der Waals surface area contributed by atoms with Crippen LogP contribution in [0.1, 0.15) is 111 Å². The van der Waals surface area contributed by atoms with E-state index < -0.39 is 170 Å². The number of nitrogens with one attached hydrogen (secondary N) is 1. The van der Waals surface area contributed by atoms with E-state index in [4.69, 9.17) is 9.47 Å². The minimum Gasteiger partial charge on any atom is -0.444 e. The highest BCUT2D eigenvalue weighted by Gasteiger charge is 2.53. The molecule has 0 aliphatic carbocycles. The van der Waals surface area contributed by atoms with E-state index in [1.54, 1.807) is 47.8 Å². The van der Waals surface area contributed by atoms with Crippen LogP contribution in [0.4, 0.5) is 93.8 Å². The summed E-state index contributed by atoms with van der Waals surface area (Å²) >= 11 is 0. The molecular formula is C73H69F17N10O7. The van der Waals surface area contributed by atoms with Crippen LogP contribution in [-0.2, 0) is 21.3 Å². The fraction of sp³-hybridized carbons (Fsp3) is 0.370. The normalized spacial score (nSPS) is 17.7. The number of urea groups is 1. The molecule has 4 fully saturated rings. The van der Waals surface area contributed by atoms with Gasteiger partial charge in [-0.25, -0.2) is 109 Å². The molecule has 3 unspecified atom stereocenters. The van der Waals surface area contributed by atoms with Gasteiger partial charge in [-0.3, -0.25) is 9.36 Å². The molecule has 0 spiro atoms. The van der Waals surface area contributed by atoms with Crippen LogP contribution in [0.2, 0.25) is 0 Å². The lowest BCUT2D eigenvalue weighted by molar-refractivity contribution is -0.123. The van der Waals surface area contributed by atoms with Gasteiger partial charge in [0.2, 0.25) is 0 Å². The lowest BCUT2D eigenvalue weighted by Gasteiger charge is -2.44. The van der Waals surface area contributed by atoms with Crippen molar-refractivity contribution in [3.8, 4) is 0 Å². The molecule has 572 valence electrons. The summed E-state index contributed by atoms with van der Waals surface area (Å²) in [5.41, 5.74) is -2.75. The molecule has 6 aliphatic rings. The lowest BCUT2D eigenvalue weighted by Crippen LogP contribution is -2.58. The van der Waals surface area contributed by atoms with Crippen LogP contribution >= 0.6 is 0 Å². The number of nitrogens with zero attached hydrogens (tertiary/aromatic N) is 9. The van der Waals surface area contributed by atoms with Crippen molar-refractivity contribution < 1.29 is 108 Å². The number of carbonyl (C=O) groups excluding carboxylic acids is 5. The van der Waals surface area contributed by atoms with Gasteiger partial charge in [0.05, 0.1) is 46.5 Å². The van der Waals surface area contributed by atoms with Crippen molar-refractivity contribution in [1.82, 2.24) is 39.6 Å². The Morgan fingerprint density at radius 2 is 0.879 bits per heavy atom. The third kappa shape index (κ3) is 20.0. The predicted octanol–water partition coefficient (Wildman–Crippen LogP) is 16.5. The van der Waals surface area contributed by atoms with Crippen molar-refractivity contribution in [1.29, 1.82) is 0 Å². The highest BCUT2D eigenvalue weighted by molar-refractivity contribution is 5.99. The number of ketones is 1. The number of alkyl halides is 5. The van der Waals surface area contributed by atoms with Crippen LogP contribution in [0.25, 0.3) is 0 Å². The van der Waals surface area contributed by atoms with Crippen molar-refractivity contribution >= 4 is 42.5 Å². The molecule has 6 aromatic carbocycles. The number of hydrazone groups is 2. The number of amides is 5. The second-order valence-electron chi connectivity index (χ2n) is 27.5. The molecule has 13 rings (SSSR count). The molecule has 34 heteroatoms. The second kappa shape index (κ2) is 33.2. The van der Waals surface area contributed by atoms with Crippen molar-refractivity contribution in [2.75, 3.05) is 52.4 Å². The molecular weight excluding hydrogens is 1450 g/mol. The minimum absolute atomic E-state index is 0.0436. The van der Waals surface area contributed by atoms with Crippen LogP contribution in [0, 0.1) is 93.5 Å². The SMILES string of the molecule is CC(C)(C)OC(=O)N1CC(C(=O)c2ccc(F)cc2F)C1.CC(C)(C)OC(=O)N1CC(C(F)(F)c2ccc(F)cc2F)C1.Fc1ccc(C(F)C2CNC2)c(F)c1.O=C(N1CC(C(F)(F)c2ccc(F)cc2F)C1)N1N=CCC1c1cc(F)cc(F)c1.O=C(N1N=CCC1c1cc(F)cc(F)c1)n1ccnc1. The number of halogens is 17. The molecule has 1 aromatic heterocycles. The molecule has 0 radical (unpaired) electrons. The zero-order valence-corrected chi connectivity index (χ0v) is 57.7. The van der Waals surface area contributed by atoms with Crippen LogP contribution < -0.4 is 5.32 Å². The van der Waals surface area contributed by atoms with Gasteiger partial charge in [0, 0.05) is 138 Å². The monoisotopic (exact) mass is 1520 g/mol. The summed E-state index contributed by atoms with van der Waals surface area (Å²) in [5, 5.41) is 13.0. The van der Waals surface area contributed by atoms with Gasteiger partial charge in [-0.15, -0.1) is 0 Å². The molecule has 0 bridgehead atoms. The van der Waals surface area contributed by atoms with Crippen molar-refractivity contribution in [3.05, 3.63) is 231 Å². The molecule has 0 saturated carbocycles. The first-order valence-electron chi connectivity index (χ1n) is 33.0. The van der Waals surface area contributed by atoms with E-state index in [9.17, 15) is 98.6 Å². The van der Waals surface area contributed by atoms with Crippen LogP contribution in [0.15, 0.2) is 138 Å².